The normalized spacial score (nSPS) is 9.57. The van der Waals surface area contributed by atoms with E-state index in [0.29, 0.717) is 29.1 Å². The summed E-state index contributed by atoms with van der Waals surface area (Å²) in [6, 6.07) is 20.8. The fraction of sp³-hybridized carbons (Fsp3) is 0.125. The van der Waals surface area contributed by atoms with Gasteiger partial charge in [-0.05, 0) is 62.4 Å². The predicted octanol–water partition coefficient (Wildman–Crippen LogP) is 4.53. The molecule has 0 heterocycles. The van der Waals surface area contributed by atoms with Crippen molar-refractivity contribution in [3.8, 4) is 11.5 Å². The van der Waals surface area contributed by atoms with Gasteiger partial charge in [0.15, 0.2) is 0 Å². The number of carbonyl (C=O) groups is 3. The van der Waals surface area contributed by atoms with Gasteiger partial charge in [0, 0.05) is 0 Å². The molecule has 0 amide bonds. The summed E-state index contributed by atoms with van der Waals surface area (Å²) in [6.45, 7) is 4.30. The molecule has 0 spiro atoms. The van der Waals surface area contributed by atoms with E-state index in [1.165, 1.54) is 31.4 Å². The summed E-state index contributed by atoms with van der Waals surface area (Å²) in [7, 11) is 1.30. The minimum atomic E-state index is -0.419. The lowest BCUT2D eigenvalue weighted by atomic mass is 10.1. The summed E-state index contributed by atoms with van der Waals surface area (Å²) in [5.41, 5.74) is 3.24. The van der Waals surface area contributed by atoms with E-state index in [1.54, 1.807) is 24.3 Å². The highest BCUT2D eigenvalue weighted by atomic mass is 16.5. The van der Waals surface area contributed by atoms with Gasteiger partial charge in [0.1, 0.15) is 11.5 Å². The molecule has 0 radical (unpaired) electrons. The highest BCUT2D eigenvalue weighted by Gasteiger charge is 2.07. The van der Waals surface area contributed by atoms with Crippen LogP contribution in [0.5, 0.6) is 11.5 Å². The molecule has 0 aliphatic carbocycles. The molecule has 0 saturated carbocycles. The van der Waals surface area contributed by atoms with Crippen molar-refractivity contribution in [3.05, 3.63) is 95.1 Å². The monoisotopic (exact) mass is 406 g/mol. The van der Waals surface area contributed by atoms with Crippen molar-refractivity contribution in [3.63, 3.8) is 0 Å². The molecule has 0 unspecified atom stereocenters. The van der Waals surface area contributed by atoms with Crippen molar-refractivity contribution in [2.24, 2.45) is 0 Å². The van der Waals surface area contributed by atoms with E-state index < -0.39 is 5.97 Å². The van der Waals surface area contributed by atoms with Gasteiger partial charge in [0.25, 0.3) is 6.47 Å². The van der Waals surface area contributed by atoms with Crippen LogP contribution in [0.4, 0.5) is 0 Å². The number of methoxy groups -OCH3 is 1. The Balaban J connectivity index is 0.000000222. The molecule has 0 N–H and O–H groups in total. The second-order valence-corrected chi connectivity index (χ2v) is 6.30. The molecule has 0 aliphatic heterocycles. The Hall–Kier alpha value is -3.93. The van der Waals surface area contributed by atoms with Crippen molar-refractivity contribution in [1.29, 1.82) is 0 Å². The maximum Gasteiger partial charge on any atom is 0.343 e. The predicted molar refractivity (Wildman–Crippen MR) is 112 cm³/mol. The Morgan fingerprint density at radius 3 is 1.60 bits per heavy atom. The van der Waals surface area contributed by atoms with Gasteiger partial charge in [-0.1, -0.05) is 35.4 Å². The molecule has 0 aliphatic rings. The molecule has 3 rings (SSSR count). The first-order valence-electron chi connectivity index (χ1n) is 9.07. The minimum Gasteiger partial charge on any atom is -0.465 e. The van der Waals surface area contributed by atoms with Gasteiger partial charge >= 0.3 is 11.9 Å². The number of hydrogen-bond donors (Lipinski definition) is 0. The van der Waals surface area contributed by atoms with Crippen molar-refractivity contribution in [2.45, 2.75) is 13.8 Å². The lowest BCUT2D eigenvalue weighted by Gasteiger charge is -2.04. The Labute approximate surface area is 175 Å². The van der Waals surface area contributed by atoms with Gasteiger partial charge in [-0.3, -0.25) is 4.79 Å². The van der Waals surface area contributed by atoms with Crippen LogP contribution < -0.4 is 9.47 Å². The topological polar surface area (TPSA) is 78.9 Å². The van der Waals surface area contributed by atoms with E-state index in [9.17, 15) is 14.4 Å². The largest absolute Gasteiger partial charge is 0.465 e. The maximum atomic E-state index is 11.8. The third kappa shape index (κ3) is 6.91. The summed E-state index contributed by atoms with van der Waals surface area (Å²) >= 11 is 0. The van der Waals surface area contributed by atoms with Crippen LogP contribution in [-0.2, 0) is 9.53 Å². The number of rotatable bonds is 5. The molecule has 6 heteroatoms. The minimum absolute atomic E-state index is 0.325. The molecule has 3 aromatic carbocycles. The number of aryl methyl sites for hydroxylation is 2. The zero-order chi connectivity index (χ0) is 21.9. The van der Waals surface area contributed by atoms with Crippen LogP contribution in [0, 0.1) is 13.8 Å². The van der Waals surface area contributed by atoms with Crippen LogP contribution in [0.2, 0.25) is 0 Å². The lowest BCUT2D eigenvalue weighted by molar-refractivity contribution is -0.120. The van der Waals surface area contributed by atoms with E-state index in [4.69, 9.17) is 4.74 Å². The van der Waals surface area contributed by atoms with Crippen molar-refractivity contribution >= 4 is 18.4 Å². The van der Waals surface area contributed by atoms with Gasteiger partial charge in [0.05, 0.1) is 18.2 Å². The molecular weight excluding hydrogens is 384 g/mol. The summed E-state index contributed by atoms with van der Waals surface area (Å²) in [6.07, 6.45) is 0. The van der Waals surface area contributed by atoms with Crippen LogP contribution in [0.15, 0.2) is 72.8 Å². The second kappa shape index (κ2) is 11.2. The fourth-order valence-electron chi connectivity index (χ4n) is 2.30. The van der Waals surface area contributed by atoms with E-state index in [2.05, 4.69) is 9.47 Å². The third-order valence-corrected chi connectivity index (χ3v) is 3.98. The first kappa shape index (κ1) is 22.4. The fourth-order valence-corrected chi connectivity index (χ4v) is 2.30. The molecule has 0 fully saturated rings. The lowest BCUT2D eigenvalue weighted by Crippen LogP contribution is -2.08. The van der Waals surface area contributed by atoms with Crippen LogP contribution >= 0.6 is 0 Å². The molecule has 30 heavy (non-hydrogen) atoms. The molecule has 154 valence electrons. The van der Waals surface area contributed by atoms with E-state index in [-0.39, 0.29) is 5.97 Å². The van der Waals surface area contributed by atoms with E-state index in [0.717, 1.165) is 11.1 Å². The SMILES string of the molecule is COC(=O)c1ccc(OC=O)cc1.Cc1ccc(OC(=O)c2ccc(C)cc2)cc1. The average Bonchev–Trinajstić information content (AvgIpc) is 2.76. The Morgan fingerprint density at radius 1 is 0.667 bits per heavy atom. The summed E-state index contributed by atoms with van der Waals surface area (Å²) in [4.78, 5) is 32.7. The molecule has 3 aromatic rings. The highest BCUT2D eigenvalue weighted by Crippen LogP contribution is 2.14. The van der Waals surface area contributed by atoms with Crippen molar-refractivity contribution < 1.29 is 28.6 Å². The number of benzene rings is 3. The summed E-state index contributed by atoms with van der Waals surface area (Å²) < 4.78 is 14.3. The molecule has 0 atom stereocenters. The standard InChI is InChI=1S/C15H14O2.C9H8O4/c1-11-3-7-13(8-4-11)15(16)17-14-9-5-12(2)6-10-14;1-12-9(11)7-2-4-8(5-3-7)13-6-10/h3-10H,1-2H3;2-6H,1H3. The van der Waals surface area contributed by atoms with Gasteiger partial charge < -0.3 is 14.2 Å². The number of esters is 2. The highest BCUT2D eigenvalue weighted by molar-refractivity contribution is 5.91. The summed E-state index contributed by atoms with van der Waals surface area (Å²) in [5.74, 6) is 0.218. The van der Waals surface area contributed by atoms with Crippen LogP contribution in [-0.4, -0.2) is 25.5 Å². The Kier molecular flexibility index (Phi) is 8.32. The Morgan fingerprint density at radius 2 is 1.10 bits per heavy atom. The molecule has 0 aromatic heterocycles. The van der Waals surface area contributed by atoms with Crippen molar-refractivity contribution in [2.75, 3.05) is 7.11 Å². The third-order valence-electron chi connectivity index (χ3n) is 3.98. The maximum absolute atomic E-state index is 11.8. The molecule has 6 nitrogen and oxygen atoms in total. The van der Waals surface area contributed by atoms with Crippen LogP contribution in [0.3, 0.4) is 0 Å². The molecular formula is C24H22O6. The van der Waals surface area contributed by atoms with Gasteiger partial charge in [-0.25, -0.2) is 9.59 Å². The zero-order valence-electron chi connectivity index (χ0n) is 17.0. The van der Waals surface area contributed by atoms with Gasteiger partial charge in [0.2, 0.25) is 0 Å². The smallest absolute Gasteiger partial charge is 0.343 e. The van der Waals surface area contributed by atoms with Gasteiger partial charge in [-0.2, -0.15) is 0 Å². The van der Waals surface area contributed by atoms with Gasteiger partial charge in [-0.15, -0.1) is 0 Å². The second-order valence-electron chi connectivity index (χ2n) is 6.30. The Bertz CT molecular complexity index is 974. The van der Waals surface area contributed by atoms with E-state index >= 15 is 0 Å². The van der Waals surface area contributed by atoms with Crippen molar-refractivity contribution in [1.82, 2.24) is 0 Å². The molecule has 0 bridgehead atoms. The van der Waals surface area contributed by atoms with E-state index in [1.807, 2.05) is 38.1 Å². The first-order chi connectivity index (χ1) is 14.4. The van der Waals surface area contributed by atoms with Crippen LogP contribution in [0.25, 0.3) is 0 Å². The quantitative estimate of drug-likeness (QED) is 0.352. The zero-order valence-corrected chi connectivity index (χ0v) is 17.0. The number of hydrogen-bond acceptors (Lipinski definition) is 6. The molecule has 0 saturated heterocycles. The number of carbonyl (C=O) groups excluding carboxylic acids is 3. The number of ether oxygens (including phenoxy) is 3. The summed E-state index contributed by atoms with van der Waals surface area (Å²) in [5, 5.41) is 0. The average molecular weight is 406 g/mol. The van der Waals surface area contributed by atoms with Crippen LogP contribution in [0.1, 0.15) is 31.8 Å². The first-order valence-corrected chi connectivity index (χ1v) is 9.07.